The molecule has 4 heterocycles. The van der Waals surface area contributed by atoms with Gasteiger partial charge in [-0.15, -0.1) is 0 Å². The second kappa shape index (κ2) is 8.29. The maximum absolute atomic E-state index is 12.5. The fraction of sp³-hybridized carbons (Fsp3) is 0.250. The summed E-state index contributed by atoms with van der Waals surface area (Å²) >= 11 is 0. The van der Waals surface area contributed by atoms with E-state index in [-0.39, 0.29) is 23.7 Å². The summed E-state index contributed by atoms with van der Waals surface area (Å²) in [6.45, 7) is 2.86. The van der Waals surface area contributed by atoms with Crippen LogP contribution in [0.25, 0.3) is 10.9 Å². The van der Waals surface area contributed by atoms with Gasteiger partial charge in [0.2, 0.25) is 0 Å². The normalized spacial score (nSPS) is 13.9. The van der Waals surface area contributed by atoms with Crippen molar-refractivity contribution in [2.24, 2.45) is 0 Å². The SMILES string of the molecule is O=C(O)c1ccc(CNC(=O)c2ncc3nc(N4CCOCC4)ccc3c2O)cn1. The number of anilines is 1. The maximum atomic E-state index is 12.5. The van der Waals surface area contributed by atoms with Gasteiger partial charge in [-0.05, 0) is 23.8 Å². The molecule has 4 rings (SSSR count). The number of hydrogen-bond donors (Lipinski definition) is 3. The Balaban J connectivity index is 1.49. The zero-order chi connectivity index (χ0) is 21.1. The first kappa shape index (κ1) is 19.5. The monoisotopic (exact) mass is 409 g/mol. The van der Waals surface area contributed by atoms with Gasteiger partial charge in [0.15, 0.2) is 11.4 Å². The van der Waals surface area contributed by atoms with E-state index in [2.05, 4.69) is 25.2 Å². The van der Waals surface area contributed by atoms with E-state index in [9.17, 15) is 14.7 Å². The first-order chi connectivity index (χ1) is 14.5. The number of amides is 1. The van der Waals surface area contributed by atoms with Gasteiger partial charge in [-0.1, -0.05) is 6.07 Å². The van der Waals surface area contributed by atoms with E-state index in [0.717, 1.165) is 18.9 Å². The number of carbonyl (C=O) groups is 2. The third-order valence-electron chi connectivity index (χ3n) is 4.75. The maximum Gasteiger partial charge on any atom is 0.354 e. The minimum atomic E-state index is -1.12. The van der Waals surface area contributed by atoms with Crippen LogP contribution in [0.5, 0.6) is 5.75 Å². The largest absolute Gasteiger partial charge is 0.505 e. The number of morpholine rings is 1. The van der Waals surface area contributed by atoms with E-state index in [1.807, 2.05) is 0 Å². The second-order valence-corrected chi connectivity index (χ2v) is 6.70. The van der Waals surface area contributed by atoms with Gasteiger partial charge in [-0.2, -0.15) is 0 Å². The number of nitrogens with zero attached hydrogens (tertiary/aromatic N) is 4. The molecule has 0 atom stereocenters. The summed E-state index contributed by atoms with van der Waals surface area (Å²) in [5.41, 5.74) is 0.911. The Morgan fingerprint density at radius 2 is 1.90 bits per heavy atom. The highest BCUT2D eigenvalue weighted by atomic mass is 16.5. The minimum Gasteiger partial charge on any atom is -0.505 e. The third-order valence-corrected chi connectivity index (χ3v) is 4.75. The van der Waals surface area contributed by atoms with Crippen LogP contribution in [-0.2, 0) is 11.3 Å². The van der Waals surface area contributed by atoms with Crippen molar-refractivity contribution in [3.8, 4) is 5.75 Å². The number of rotatable bonds is 5. The number of aromatic hydroxyl groups is 1. The topological polar surface area (TPSA) is 138 Å². The van der Waals surface area contributed by atoms with Crippen LogP contribution in [0, 0.1) is 0 Å². The number of fused-ring (bicyclic) bond motifs is 1. The summed E-state index contributed by atoms with van der Waals surface area (Å²) < 4.78 is 5.34. The van der Waals surface area contributed by atoms with Crippen molar-refractivity contribution in [2.45, 2.75) is 6.54 Å². The molecule has 3 aromatic rings. The van der Waals surface area contributed by atoms with Gasteiger partial charge in [-0.25, -0.2) is 19.7 Å². The lowest BCUT2D eigenvalue weighted by molar-refractivity contribution is 0.0690. The van der Waals surface area contributed by atoms with Crippen LogP contribution in [0.2, 0.25) is 0 Å². The molecule has 0 unspecified atom stereocenters. The Hall–Kier alpha value is -3.79. The van der Waals surface area contributed by atoms with Gasteiger partial charge >= 0.3 is 5.97 Å². The molecule has 0 aromatic carbocycles. The average molecular weight is 409 g/mol. The molecular weight excluding hydrogens is 390 g/mol. The number of aromatic carboxylic acids is 1. The summed E-state index contributed by atoms with van der Waals surface area (Å²) in [6.07, 6.45) is 2.83. The number of carbonyl (C=O) groups excluding carboxylic acids is 1. The van der Waals surface area contributed by atoms with E-state index in [1.54, 1.807) is 18.2 Å². The van der Waals surface area contributed by atoms with Crippen LogP contribution >= 0.6 is 0 Å². The molecule has 3 aromatic heterocycles. The van der Waals surface area contributed by atoms with Crippen LogP contribution in [0.15, 0.2) is 36.7 Å². The number of aromatic nitrogens is 3. The Labute approximate surface area is 171 Å². The molecule has 1 aliphatic heterocycles. The zero-order valence-electron chi connectivity index (χ0n) is 15.9. The van der Waals surface area contributed by atoms with Gasteiger partial charge in [0.1, 0.15) is 11.5 Å². The average Bonchev–Trinajstić information content (AvgIpc) is 2.78. The molecule has 0 bridgehead atoms. The highest BCUT2D eigenvalue weighted by Crippen LogP contribution is 2.28. The predicted octanol–water partition coefficient (Wildman–Crippen LogP) is 1.20. The van der Waals surface area contributed by atoms with Crippen LogP contribution in [0.3, 0.4) is 0 Å². The van der Waals surface area contributed by atoms with Crippen LogP contribution in [0.1, 0.15) is 26.5 Å². The highest BCUT2D eigenvalue weighted by Gasteiger charge is 2.18. The molecule has 3 N–H and O–H groups in total. The van der Waals surface area contributed by atoms with Crippen LogP contribution < -0.4 is 10.2 Å². The molecule has 10 heteroatoms. The minimum absolute atomic E-state index is 0.0807. The number of ether oxygens (including phenoxy) is 1. The van der Waals surface area contributed by atoms with Gasteiger partial charge in [-0.3, -0.25) is 4.79 Å². The molecule has 1 saturated heterocycles. The molecular formula is C20H19N5O5. The molecule has 10 nitrogen and oxygen atoms in total. The van der Waals surface area contributed by atoms with E-state index in [0.29, 0.717) is 29.7 Å². The molecule has 1 amide bonds. The van der Waals surface area contributed by atoms with Crippen molar-refractivity contribution in [1.82, 2.24) is 20.3 Å². The van der Waals surface area contributed by atoms with Gasteiger partial charge in [0, 0.05) is 31.2 Å². The fourth-order valence-electron chi connectivity index (χ4n) is 3.13. The number of pyridine rings is 3. The summed E-state index contributed by atoms with van der Waals surface area (Å²) in [7, 11) is 0. The lowest BCUT2D eigenvalue weighted by Crippen LogP contribution is -2.36. The van der Waals surface area contributed by atoms with Gasteiger partial charge < -0.3 is 25.2 Å². The molecule has 0 saturated carbocycles. The van der Waals surface area contributed by atoms with E-state index in [4.69, 9.17) is 9.84 Å². The quantitative estimate of drug-likeness (QED) is 0.567. The van der Waals surface area contributed by atoms with Crippen molar-refractivity contribution in [2.75, 3.05) is 31.2 Å². The van der Waals surface area contributed by atoms with Crippen molar-refractivity contribution < 1.29 is 24.5 Å². The van der Waals surface area contributed by atoms with E-state index >= 15 is 0 Å². The van der Waals surface area contributed by atoms with Crippen molar-refractivity contribution in [1.29, 1.82) is 0 Å². The molecule has 0 radical (unpaired) electrons. The summed E-state index contributed by atoms with van der Waals surface area (Å²) in [5, 5.41) is 22.5. The van der Waals surface area contributed by atoms with Gasteiger partial charge in [0.25, 0.3) is 5.91 Å². The number of nitrogens with one attached hydrogen (secondary N) is 1. The van der Waals surface area contributed by atoms with Crippen LogP contribution in [0.4, 0.5) is 5.82 Å². The van der Waals surface area contributed by atoms with E-state index < -0.39 is 11.9 Å². The second-order valence-electron chi connectivity index (χ2n) is 6.70. The lowest BCUT2D eigenvalue weighted by atomic mass is 10.2. The zero-order valence-corrected chi connectivity index (χ0v) is 15.9. The molecule has 0 aliphatic carbocycles. The number of hydrogen-bond acceptors (Lipinski definition) is 8. The Morgan fingerprint density at radius 3 is 2.60 bits per heavy atom. The first-order valence-electron chi connectivity index (χ1n) is 9.31. The number of carboxylic acid groups (broad SMARTS) is 1. The molecule has 30 heavy (non-hydrogen) atoms. The smallest absolute Gasteiger partial charge is 0.354 e. The summed E-state index contributed by atoms with van der Waals surface area (Å²) in [6, 6.07) is 6.43. The standard InChI is InChI=1S/C20H19N5O5/c26-18-13-2-4-16(25-5-7-30-8-6-25)24-15(13)11-22-17(18)19(27)23-10-12-1-3-14(20(28)29)21-9-12/h1-4,9,11,26H,5-8,10H2,(H,23,27)(H,28,29). The highest BCUT2D eigenvalue weighted by molar-refractivity contribution is 6.00. The molecule has 0 spiro atoms. The van der Waals surface area contributed by atoms with Crippen molar-refractivity contribution in [3.63, 3.8) is 0 Å². The van der Waals surface area contributed by atoms with E-state index in [1.165, 1.54) is 18.5 Å². The molecule has 1 fully saturated rings. The van der Waals surface area contributed by atoms with Crippen molar-refractivity contribution in [3.05, 3.63) is 53.6 Å². The van der Waals surface area contributed by atoms with Crippen LogP contribution in [-0.4, -0.2) is 63.3 Å². The Morgan fingerprint density at radius 1 is 1.10 bits per heavy atom. The summed E-state index contributed by atoms with van der Waals surface area (Å²) in [5.74, 6) is -1.16. The number of carboxylic acids is 1. The summed E-state index contributed by atoms with van der Waals surface area (Å²) in [4.78, 5) is 37.8. The Bertz CT molecular complexity index is 1100. The molecule has 154 valence electrons. The third kappa shape index (κ3) is 3.98. The van der Waals surface area contributed by atoms with Crippen molar-refractivity contribution >= 4 is 28.6 Å². The Kier molecular flexibility index (Phi) is 5.40. The fourth-order valence-corrected chi connectivity index (χ4v) is 3.13. The first-order valence-corrected chi connectivity index (χ1v) is 9.31. The molecule has 1 aliphatic rings. The lowest BCUT2D eigenvalue weighted by Gasteiger charge is -2.27. The van der Waals surface area contributed by atoms with Gasteiger partial charge in [0.05, 0.1) is 24.9 Å². The predicted molar refractivity (Wildman–Crippen MR) is 107 cm³/mol.